The van der Waals surface area contributed by atoms with Crippen molar-refractivity contribution in [3.8, 4) is 5.75 Å². The van der Waals surface area contributed by atoms with Crippen molar-refractivity contribution in [3.63, 3.8) is 0 Å². The van der Waals surface area contributed by atoms with E-state index in [-0.39, 0.29) is 12.6 Å². The Balaban J connectivity index is 2.26. The summed E-state index contributed by atoms with van der Waals surface area (Å²) in [5.41, 5.74) is 2.02. The number of aryl methyl sites for hydroxylation is 1. The summed E-state index contributed by atoms with van der Waals surface area (Å²) in [5, 5.41) is 2.72. The van der Waals surface area contributed by atoms with Crippen LogP contribution in [0.3, 0.4) is 0 Å². The van der Waals surface area contributed by atoms with Gasteiger partial charge < -0.3 is 10.1 Å². The molecule has 7 heteroatoms. The van der Waals surface area contributed by atoms with Gasteiger partial charge in [0.15, 0.2) is 0 Å². The van der Waals surface area contributed by atoms with Gasteiger partial charge in [0, 0.05) is 5.69 Å². The van der Waals surface area contributed by atoms with Gasteiger partial charge in [-0.2, -0.15) is 0 Å². The Morgan fingerprint density at radius 1 is 1.12 bits per heavy atom. The van der Waals surface area contributed by atoms with Crippen molar-refractivity contribution < 1.29 is 17.9 Å². The van der Waals surface area contributed by atoms with E-state index in [0.29, 0.717) is 17.1 Å². The molecule has 0 aliphatic carbocycles. The Labute approximate surface area is 154 Å². The highest BCUT2D eigenvalue weighted by Crippen LogP contribution is 2.30. The molecule has 0 heterocycles. The first-order valence-electron chi connectivity index (χ1n) is 8.26. The second-order valence-corrected chi connectivity index (χ2v) is 8.22. The lowest BCUT2D eigenvalue weighted by Crippen LogP contribution is -2.37. The first-order valence-corrected chi connectivity index (χ1v) is 10.1. The Morgan fingerprint density at radius 3 is 2.31 bits per heavy atom. The number of ether oxygens (including phenoxy) is 1. The average Bonchev–Trinajstić information content (AvgIpc) is 2.54. The number of nitrogens with one attached hydrogen (secondary N) is 1. The molecular weight excluding hydrogens is 352 g/mol. The Morgan fingerprint density at radius 2 is 1.73 bits per heavy atom. The lowest BCUT2D eigenvalue weighted by atomic mass is 10.2. The van der Waals surface area contributed by atoms with Crippen molar-refractivity contribution in [1.29, 1.82) is 0 Å². The molecule has 6 nitrogen and oxygen atoms in total. The maximum atomic E-state index is 12.4. The zero-order valence-corrected chi connectivity index (χ0v) is 16.2. The second kappa shape index (κ2) is 8.23. The summed E-state index contributed by atoms with van der Waals surface area (Å²) < 4.78 is 31.3. The van der Waals surface area contributed by atoms with Gasteiger partial charge in [-0.3, -0.25) is 9.10 Å². The van der Waals surface area contributed by atoms with Gasteiger partial charge in [0.05, 0.1) is 18.0 Å². The van der Waals surface area contributed by atoms with Gasteiger partial charge in [-0.05, 0) is 45.0 Å². The molecule has 0 fully saturated rings. The molecule has 0 unspecified atom stereocenters. The Kier molecular flexibility index (Phi) is 6.26. The fourth-order valence-electron chi connectivity index (χ4n) is 2.37. The van der Waals surface area contributed by atoms with E-state index in [9.17, 15) is 13.2 Å². The first kappa shape index (κ1) is 19.8. The summed E-state index contributed by atoms with van der Waals surface area (Å²) in [5.74, 6) is -0.0188. The minimum Gasteiger partial charge on any atom is -0.489 e. The van der Waals surface area contributed by atoms with Crippen molar-refractivity contribution in [2.75, 3.05) is 22.4 Å². The second-order valence-electron chi connectivity index (χ2n) is 6.32. The van der Waals surface area contributed by atoms with Crippen LogP contribution in [0.5, 0.6) is 5.75 Å². The molecule has 140 valence electrons. The summed E-state index contributed by atoms with van der Waals surface area (Å²) in [6.45, 7) is 5.31. The number of rotatable bonds is 7. The number of carbonyl (C=O) groups is 1. The monoisotopic (exact) mass is 376 g/mol. The molecule has 2 aromatic rings. The molecule has 0 aliphatic heterocycles. The fourth-order valence-corrected chi connectivity index (χ4v) is 3.23. The highest BCUT2D eigenvalue weighted by Gasteiger charge is 2.24. The maximum Gasteiger partial charge on any atom is 0.245 e. The average molecular weight is 376 g/mol. The van der Waals surface area contributed by atoms with Gasteiger partial charge >= 0.3 is 0 Å². The van der Waals surface area contributed by atoms with E-state index < -0.39 is 15.9 Å². The lowest BCUT2D eigenvalue weighted by Gasteiger charge is -2.25. The van der Waals surface area contributed by atoms with E-state index in [0.717, 1.165) is 16.1 Å². The van der Waals surface area contributed by atoms with Gasteiger partial charge in [0.2, 0.25) is 15.9 Å². The first-order chi connectivity index (χ1) is 12.2. The van der Waals surface area contributed by atoms with Crippen LogP contribution in [0.1, 0.15) is 19.4 Å². The van der Waals surface area contributed by atoms with Crippen LogP contribution >= 0.6 is 0 Å². The number of hydrogen-bond acceptors (Lipinski definition) is 4. The molecule has 0 saturated carbocycles. The number of nitrogens with zero attached hydrogens (tertiary/aromatic N) is 1. The third-order valence-electron chi connectivity index (χ3n) is 3.52. The van der Waals surface area contributed by atoms with Crippen LogP contribution in [0.25, 0.3) is 0 Å². The molecule has 0 spiro atoms. The summed E-state index contributed by atoms with van der Waals surface area (Å²) in [4.78, 5) is 12.4. The predicted octanol–water partition coefficient (Wildman–Crippen LogP) is 3.19. The summed E-state index contributed by atoms with van der Waals surface area (Å²) in [6.07, 6.45) is 0.942. The van der Waals surface area contributed by atoms with Gasteiger partial charge in [0.1, 0.15) is 12.3 Å². The minimum absolute atomic E-state index is 0.126. The highest BCUT2D eigenvalue weighted by atomic mass is 32.2. The van der Waals surface area contributed by atoms with Gasteiger partial charge in [-0.25, -0.2) is 8.42 Å². The smallest absolute Gasteiger partial charge is 0.245 e. The van der Waals surface area contributed by atoms with Crippen molar-refractivity contribution in [2.45, 2.75) is 26.9 Å². The molecule has 2 aromatic carbocycles. The summed E-state index contributed by atoms with van der Waals surface area (Å²) in [6, 6.07) is 14.1. The van der Waals surface area contributed by atoms with Gasteiger partial charge in [-0.1, -0.05) is 29.8 Å². The van der Waals surface area contributed by atoms with Crippen LogP contribution in [0.4, 0.5) is 11.4 Å². The summed E-state index contributed by atoms with van der Waals surface area (Å²) >= 11 is 0. The number of para-hydroxylation sites is 2. The molecule has 1 amide bonds. The molecule has 0 atom stereocenters. The van der Waals surface area contributed by atoms with Crippen LogP contribution < -0.4 is 14.4 Å². The normalized spacial score (nSPS) is 11.3. The molecule has 0 bridgehead atoms. The van der Waals surface area contributed by atoms with Crippen LogP contribution in [0.2, 0.25) is 0 Å². The quantitative estimate of drug-likeness (QED) is 0.805. The predicted molar refractivity (Wildman–Crippen MR) is 104 cm³/mol. The van der Waals surface area contributed by atoms with Crippen LogP contribution in [0, 0.1) is 6.92 Å². The van der Waals surface area contributed by atoms with Gasteiger partial charge in [0.25, 0.3) is 0 Å². The van der Waals surface area contributed by atoms with E-state index in [1.54, 1.807) is 36.4 Å². The number of carbonyl (C=O) groups excluding carboxylic acids is 1. The standard InChI is InChI=1S/C19H24N2O4S/c1-14(2)25-18-8-6-5-7-17(18)21(26(4,23)24)13-19(22)20-16-11-9-15(3)10-12-16/h5-12,14H,13H2,1-4H3,(H,20,22). The van der Waals surface area contributed by atoms with E-state index in [1.807, 2.05) is 32.9 Å². The third kappa shape index (κ3) is 5.49. The molecule has 0 radical (unpaired) electrons. The molecule has 1 N–H and O–H groups in total. The lowest BCUT2D eigenvalue weighted by molar-refractivity contribution is -0.114. The van der Waals surface area contributed by atoms with Crippen molar-refractivity contribution in [1.82, 2.24) is 0 Å². The number of sulfonamides is 1. The van der Waals surface area contributed by atoms with Crippen LogP contribution in [-0.4, -0.2) is 33.2 Å². The fraction of sp³-hybridized carbons (Fsp3) is 0.316. The van der Waals surface area contributed by atoms with E-state index in [2.05, 4.69) is 5.32 Å². The van der Waals surface area contributed by atoms with Crippen molar-refractivity contribution in [2.24, 2.45) is 0 Å². The zero-order chi connectivity index (χ0) is 19.3. The molecule has 0 aliphatic rings. The van der Waals surface area contributed by atoms with Crippen LogP contribution in [-0.2, 0) is 14.8 Å². The van der Waals surface area contributed by atoms with Crippen LogP contribution in [0.15, 0.2) is 48.5 Å². The maximum absolute atomic E-state index is 12.4. The number of benzene rings is 2. The Bertz CT molecular complexity index is 861. The highest BCUT2D eigenvalue weighted by molar-refractivity contribution is 7.92. The molecule has 0 saturated heterocycles. The van der Waals surface area contributed by atoms with Crippen molar-refractivity contribution in [3.05, 3.63) is 54.1 Å². The van der Waals surface area contributed by atoms with E-state index >= 15 is 0 Å². The third-order valence-corrected chi connectivity index (χ3v) is 4.65. The SMILES string of the molecule is Cc1ccc(NC(=O)CN(c2ccccc2OC(C)C)S(C)(=O)=O)cc1. The number of hydrogen-bond donors (Lipinski definition) is 1. The molecular formula is C19H24N2O4S. The molecule has 26 heavy (non-hydrogen) atoms. The number of anilines is 2. The number of amides is 1. The summed E-state index contributed by atoms with van der Waals surface area (Å²) in [7, 11) is -3.68. The topological polar surface area (TPSA) is 75.7 Å². The largest absolute Gasteiger partial charge is 0.489 e. The Hall–Kier alpha value is -2.54. The van der Waals surface area contributed by atoms with Crippen molar-refractivity contribution >= 4 is 27.3 Å². The zero-order valence-electron chi connectivity index (χ0n) is 15.4. The molecule has 2 rings (SSSR count). The van der Waals surface area contributed by atoms with Gasteiger partial charge in [-0.15, -0.1) is 0 Å². The van der Waals surface area contributed by atoms with E-state index in [4.69, 9.17) is 4.74 Å². The minimum atomic E-state index is -3.68. The molecule has 0 aromatic heterocycles. The van der Waals surface area contributed by atoms with E-state index in [1.165, 1.54) is 0 Å².